The van der Waals surface area contributed by atoms with E-state index in [0.717, 1.165) is 5.56 Å². The maximum absolute atomic E-state index is 16.6. The monoisotopic (exact) mass is 1110 g/mol. The summed E-state index contributed by atoms with van der Waals surface area (Å²) in [4.78, 5) is 88.5. The summed E-state index contributed by atoms with van der Waals surface area (Å²) in [6, 6.07) is 29.0. The van der Waals surface area contributed by atoms with Crippen molar-refractivity contribution in [3.8, 4) is 0 Å². The second kappa shape index (κ2) is 24.1. The number of ether oxygens (including phenoxy) is 6. The van der Waals surface area contributed by atoms with Crippen molar-refractivity contribution in [1.29, 1.82) is 0 Å². The lowest BCUT2D eigenvalue weighted by Crippen LogP contribution is -2.82. The smallest absolute Gasteiger partial charge is 0.408 e. The Balaban J connectivity index is 1.46. The highest BCUT2D eigenvalue weighted by Gasteiger charge is 2.79. The number of carbonyl (C=O) groups is 6. The van der Waals surface area contributed by atoms with Gasteiger partial charge in [0.15, 0.2) is 40.2 Å². The molecule has 2 bridgehead atoms. The molecule has 4 aliphatic rings. The van der Waals surface area contributed by atoms with Gasteiger partial charge in [0.2, 0.25) is 0 Å². The van der Waals surface area contributed by atoms with E-state index in [4.69, 9.17) is 37.3 Å². The minimum Gasteiger partial charge on any atom is -0.456 e. The van der Waals surface area contributed by atoms with E-state index in [1.807, 2.05) is 57.2 Å². The fourth-order valence-corrected chi connectivity index (χ4v) is 18.8. The van der Waals surface area contributed by atoms with Crippen LogP contribution in [0, 0.1) is 16.7 Å². The number of ketones is 1. The first-order valence-corrected chi connectivity index (χ1v) is 32.9. The molecule has 3 fully saturated rings. The van der Waals surface area contributed by atoms with E-state index in [-0.39, 0.29) is 30.8 Å². The van der Waals surface area contributed by atoms with Crippen molar-refractivity contribution in [2.75, 3.05) is 6.61 Å². The predicted octanol–water partition coefficient (Wildman–Crippen LogP) is 10.3. The number of Topliss-reactive ketones (excluding diaryl/α,β-unsaturated/α-hetero) is 1. The Morgan fingerprint density at radius 3 is 1.85 bits per heavy atom. The Bertz CT molecular complexity index is 2660. The molecule has 1 amide bonds. The fraction of sp³-hybridized carbons (Fsp3) is 0.567. The molecule has 11 atom stereocenters. The largest absolute Gasteiger partial charge is 0.456 e. The molecular formula is C60H81NO15Si2. The average Bonchev–Trinajstić information content (AvgIpc) is 1.79. The normalized spacial score (nSPS) is 28.2. The van der Waals surface area contributed by atoms with Crippen molar-refractivity contribution in [1.82, 2.24) is 5.32 Å². The van der Waals surface area contributed by atoms with Crippen LogP contribution in [0.4, 0.5) is 4.79 Å². The highest BCUT2D eigenvalue weighted by atomic mass is 28.4. The van der Waals surface area contributed by atoms with Crippen LogP contribution in [0.1, 0.15) is 123 Å². The number of alkyl carbamates (subject to hydrolysis) is 1. The van der Waals surface area contributed by atoms with Gasteiger partial charge in [0.05, 0.1) is 35.6 Å². The van der Waals surface area contributed by atoms with Crippen LogP contribution in [-0.4, -0.2) is 112 Å². The van der Waals surface area contributed by atoms with E-state index in [2.05, 4.69) is 26.1 Å². The zero-order valence-corrected chi connectivity index (χ0v) is 49.5. The first-order chi connectivity index (χ1) is 37.0. The zero-order valence-electron chi connectivity index (χ0n) is 47.5. The van der Waals surface area contributed by atoms with E-state index >= 15 is 9.59 Å². The van der Waals surface area contributed by atoms with Gasteiger partial charge in [-0.15, -0.1) is 0 Å². The van der Waals surface area contributed by atoms with E-state index in [1.54, 1.807) is 82.3 Å². The third kappa shape index (κ3) is 11.2. The Kier molecular flexibility index (Phi) is 18.6. The summed E-state index contributed by atoms with van der Waals surface area (Å²) < 4.78 is 52.8. The summed E-state index contributed by atoms with van der Waals surface area (Å²) in [6.07, 6.45) is -9.42. The third-order valence-electron chi connectivity index (χ3n) is 18.2. The lowest BCUT2D eigenvalue weighted by Gasteiger charge is -2.68. The van der Waals surface area contributed by atoms with Crippen LogP contribution in [0.2, 0.25) is 36.3 Å². The second-order valence-corrected chi connectivity index (χ2v) is 31.8. The molecule has 2 N–H and O–H groups in total. The minimum atomic E-state index is -2.79. The van der Waals surface area contributed by atoms with Crippen LogP contribution in [-0.2, 0) is 63.1 Å². The predicted molar refractivity (Wildman–Crippen MR) is 296 cm³/mol. The van der Waals surface area contributed by atoms with Crippen LogP contribution in [0.3, 0.4) is 0 Å². The second-order valence-electron chi connectivity index (χ2n) is 22.4. The molecule has 0 aromatic heterocycles. The molecule has 18 heteroatoms. The molecule has 1 saturated heterocycles. The number of aliphatic hydroxyl groups is 1. The third-order valence-corrected chi connectivity index (χ3v) is 27.5. The van der Waals surface area contributed by atoms with Gasteiger partial charge in [-0.05, 0) is 84.5 Å². The van der Waals surface area contributed by atoms with Gasteiger partial charge in [0.1, 0.15) is 30.5 Å². The van der Waals surface area contributed by atoms with Crippen molar-refractivity contribution in [3.63, 3.8) is 0 Å². The van der Waals surface area contributed by atoms with Gasteiger partial charge in [-0.1, -0.05) is 134 Å². The molecular weight excluding hydrogens is 1030 g/mol. The molecule has 424 valence electrons. The van der Waals surface area contributed by atoms with Gasteiger partial charge in [-0.2, -0.15) is 0 Å². The van der Waals surface area contributed by atoms with Crippen LogP contribution in [0.5, 0.6) is 0 Å². The maximum atomic E-state index is 16.6. The quantitative estimate of drug-likeness (QED) is 0.0440. The van der Waals surface area contributed by atoms with E-state index < -0.39 is 129 Å². The molecule has 78 heavy (non-hydrogen) atoms. The molecule has 3 aliphatic carbocycles. The van der Waals surface area contributed by atoms with Gasteiger partial charge in [-0.3, -0.25) is 14.4 Å². The molecule has 7 rings (SSSR count). The number of hydrogen-bond acceptors (Lipinski definition) is 15. The van der Waals surface area contributed by atoms with Crippen LogP contribution >= 0.6 is 0 Å². The molecule has 0 unspecified atom stereocenters. The standard InChI is InChI=1S/C60H81NO15Si2/c1-13-77(14-2,15-3)75-45-34-46-59(37-70-46,74-40(9)63)51-53(73-54(65)43-32-26-21-27-33-43)60(68)35-44(38(7)47(57(60,10)11)49(71-39(8)62)52(64)58(45,51)12)72-55(66)50(76-78(16-4,17-5)18-6)48(42-30-24-20-25-31-42)61-56(67)69-36-41-28-22-19-23-29-41/h19-33,44-46,48-51,53,68H,13-18,34-37H2,1-12H3,(H,61,67)/t44-,45-,46+,48-,49+,50+,51-,53-,58+,59-,60+/m0/s1. The summed E-state index contributed by atoms with van der Waals surface area (Å²) in [6.45, 7) is 21.1. The van der Waals surface area contributed by atoms with Crippen molar-refractivity contribution >= 4 is 52.4 Å². The number of hydrogen-bond donors (Lipinski definition) is 2. The number of benzene rings is 3. The Hall–Kier alpha value is -5.51. The molecule has 1 heterocycles. The minimum absolute atomic E-state index is 0.0552. The molecule has 3 aromatic carbocycles. The Morgan fingerprint density at radius 2 is 1.32 bits per heavy atom. The summed E-state index contributed by atoms with van der Waals surface area (Å²) in [5.74, 6) is -5.32. The van der Waals surface area contributed by atoms with Gasteiger partial charge < -0.3 is 47.7 Å². The average molecular weight is 1110 g/mol. The van der Waals surface area contributed by atoms with Crippen molar-refractivity contribution in [3.05, 3.63) is 119 Å². The number of esters is 4. The number of nitrogens with one attached hydrogen (secondary N) is 1. The molecule has 16 nitrogen and oxygen atoms in total. The summed E-state index contributed by atoms with van der Waals surface area (Å²) in [5, 5.41) is 17.4. The lowest BCUT2D eigenvalue weighted by atomic mass is 9.44. The van der Waals surface area contributed by atoms with Crippen molar-refractivity contribution in [2.24, 2.45) is 16.7 Å². The van der Waals surface area contributed by atoms with Gasteiger partial charge >= 0.3 is 30.0 Å². The van der Waals surface area contributed by atoms with Crippen LogP contribution < -0.4 is 5.32 Å². The first kappa shape index (κ1) is 60.1. The van der Waals surface area contributed by atoms with Crippen molar-refractivity contribution in [2.45, 2.75) is 193 Å². The summed E-state index contributed by atoms with van der Waals surface area (Å²) in [5.41, 5.74) is -5.67. The molecule has 3 aromatic rings. The number of rotatable bonds is 21. The highest BCUT2D eigenvalue weighted by Crippen LogP contribution is 2.65. The summed E-state index contributed by atoms with van der Waals surface area (Å²) >= 11 is 0. The SMILES string of the molecule is CC[Si](CC)(CC)O[C@H]1C[C@H]2OC[C@@]2(OC(C)=O)[C@H]2[C@H](OC(=O)c3ccccc3)[C@]3(O)C[C@H](OC(=O)[C@H](O[Si](CC)(CC)CC)[C@@H](NC(=O)OCc4ccccc4)c4ccccc4)C(C)=C([C@@H](OC(C)=O)C(=O)[C@]12C)C3(C)C. The van der Waals surface area contributed by atoms with Gasteiger partial charge in [0, 0.05) is 32.1 Å². The maximum Gasteiger partial charge on any atom is 0.408 e. The lowest BCUT2D eigenvalue weighted by molar-refractivity contribution is -0.344. The molecule has 1 aliphatic heterocycles. The van der Waals surface area contributed by atoms with Gasteiger partial charge in [0.25, 0.3) is 0 Å². The van der Waals surface area contributed by atoms with E-state index in [9.17, 15) is 24.3 Å². The highest BCUT2D eigenvalue weighted by molar-refractivity contribution is 6.74. The van der Waals surface area contributed by atoms with E-state index in [1.165, 1.54) is 13.8 Å². The molecule has 0 spiro atoms. The Labute approximate surface area is 461 Å². The first-order valence-electron chi connectivity index (χ1n) is 27.8. The fourth-order valence-electron chi connectivity index (χ4n) is 13.1. The number of fused-ring (bicyclic) bond motifs is 5. The molecule has 0 radical (unpaired) electrons. The number of carbonyl (C=O) groups excluding carboxylic acids is 6. The van der Waals surface area contributed by atoms with Crippen molar-refractivity contribution < 1.29 is 71.1 Å². The number of amides is 1. The van der Waals surface area contributed by atoms with Gasteiger partial charge in [-0.25, -0.2) is 14.4 Å². The summed E-state index contributed by atoms with van der Waals surface area (Å²) in [7, 11) is -5.44. The van der Waals surface area contributed by atoms with Crippen LogP contribution in [0.25, 0.3) is 0 Å². The van der Waals surface area contributed by atoms with Crippen LogP contribution in [0.15, 0.2) is 102 Å². The van der Waals surface area contributed by atoms with E-state index in [0.29, 0.717) is 47.4 Å². The molecule has 2 saturated carbocycles. The Morgan fingerprint density at radius 1 is 0.756 bits per heavy atom. The zero-order chi connectivity index (χ0) is 57.0. The topological polar surface area (TPSA) is 209 Å².